The number of methoxy groups -OCH3 is 1. The summed E-state index contributed by atoms with van der Waals surface area (Å²) in [5.74, 6) is 1.38. The van der Waals surface area contributed by atoms with E-state index in [2.05, 4.69) is 22.0 Å². The zero-order valence-electron chi connectivity index (χ0n) is 16.3. The highest BCUT2D eigenvalue weighted by Crippen LogP contribution is 2.28. The van der Waals surface area contributed by atoms with Gasteiger partial charge in [0.15, 0.2) is 11.5 Å². The molecule has 0 aliphatic carbocycles. The molecule has 0 aliphatic heterocycles. The van der Waals surface area contributed by atoms with Crippen LogP contribution in [0, 0.1) is 0 Å². The molecule has 2 aromatic heterocycles. The highest BCUT2D eigenvalue weighted by molar-refractivity contribution is 6.01. The maximum absolute atomic E-state index is 12.3. The molecule has 0 saturated carbocycles. The van der Waals surface area contributed by atoms with Crippen LogP contribution in [0.3, 0.4) is 0 Å². The normalized spacial score (nSPS) is 10.7. The van der Waals surface area contributed by atoms with Crippen molar-refractivity contribution in [3.05, 3.63) is 73.1 Å². The van der Waals surface area contributed by atoms with Crippen molar-refractivity contribution in [3.63, 3.8) is 0 Å². The molecule has 0 unspecified atom stereocenters. The highest BCUT2D eigenvalue weighted by atomic mass is 16.5. The Balaban J connectivity index is 1.67. The van der Waals surface area contributed by atoms with Gasteiger partial charge in [-0.2, -0.15) is 5.10 Å². The first-order valence-corrected chi connectivity index (χ1v) is 8.96. The molecule has 29 heavy (non-hydrogen) atoms. The third-order valence-corrected chi connectivity index (χ3v) is 3.97. The Morgan fingerprint density at radius 1 is 1.28 bits per heavy atom. The second-order valence-corrected chi connectivity index (χ2v) is 6.14. The van der Waals surface area contributed by atoms with E-state index in [1.165, 1.54) is 6.08 Å². The number of benzene rings is 1. The number of pyridine rings is 1. The van der Waals surface area contributed by atoms with Gasteiger partial charge in [-0.25, -0.2) is 4.98 Å². The van der Waals surface area contributed by atoms with Crippen LogP contribution in [0.4, 0.5) is 5.82 Å². The zero-order chi connectivity index (χ0) is 20.6. The predicted molar refractivity (Wildman–Crippen MR) is 113 cm³/mol. The summed E-state index contributed by atoms with van der Waals surface area (Å²) < 4.78 is 12.6. The van der Waals surface area contributed by atoms with E-state index in [1.54, 1.807) is 48.3 Å². The van der Waals surface area contributed by atoms with Crippen LogP contribution < -0.4 is 14.8 Å². The van der Waals surface area contributed by atoms with E-state index in [-0.39, 0.29) is 5.91 Å². The summed E-state index contributed by atoms with van der Waals surface area (Å²) in [4.78, 5) is 16.7. The molecule has 0 atom stereocenters. The lowest BCUT2D eigenvalue weighted by molar-refractivity contribution is -0.111. The number of nitrogens with one attached hydrogen (secondary N) is 1. The minimum absolute atomic E-state index is 0.285. The number of anilines is 1. The first kappa shape index (κ1) is 19.9. The monoisotopic (exact) mass is 390 g/mol. The quantitative estimate of drug-likeness (QED) is 0.469. The Hall–Kier alpha value is -3.87. The van der Waals surface area contributed by atoms with Gasteiger partial charge >= 0.3 is 0 Å². The molecule has 3 rings (SSSR count). The van der Waals surface area contributed by atoms with Crippen molar-refractivity contribution in [2.45, 2.75) is 0 Å². The second-order valence-electron chi connectivity index (χ2n) is 6.14. The van der Waals surface area contributed by atoms with Crippen LogP contribution in [0.5, 0.6) is 11.5 Å². The van der Waals surface area contributed by atoms with Crippen molar-refractivity contribution in [2.75, 3.05) is 19.0 Å². The molecule has 0 spiro atoms. The van der Waals surface area contributed by atoms with Crippen LogP contribution in [0.15, 0.2) is 67.5 Å². The number of aromatic nitrogens is 3. The maximum Gasteiger partial charge on any atom is 0.249 e. The fraction of sp³-hybridized carbons (Fsp3) is 0.136. The average molecular weight is 390 g/mol. The van der Waals surface area contributed by atoms with Gasteiger partial charge in [-0.05, 0) is 35.9 Å². The second kappa shape index (κ2) is 9.36. The van der Waals surface area contributed by atoms with E-state index in [9.17, 15) is 4.79 Å². The molecule has 0 saturated heterocycles. The minimum Gasteiger partial charge on any atom is -0.493 e. The van der Waals surface area contributed by atoms with Crippen molar-refractivity contribution >= 4 is 17.8 Å². The van der Waals surface area contributed by atoms with Crippen molar-refractivity contribution < 1.29 is 14.3 Å². The zero-order valence-corrected chi connectivity index (χ0v) is 16.3. The van der Waals surface area contributed by atoms with Crippen LogP contribution in [0.1, 0.15) is 5.56 Å². The average Bonchev–Trinajstić information content (AvgIpc) is 3.17. The summed E-state index contributed by atoms with van der Waals surface area (Å²) in [6.07, 6.45) is 8.39. The van der Waals surface area contributed by atoms with E-state index >= 15 is 0 Å². The fourth-order valence-corrected chi connectivity index (χ4v) is 2.61. The lowest BCUT2D eigenvalue weighted by atomic mass is 10.2. The highest BCUT2D eigenvalue weighted by Gasteiger charge is 2.06. The fourth-order valence-electron chi connectivity index (χ4n) is 2.61. The molecule has 1 aromatic carbocycles. The topological polar surface area (TPSA) is 78.3 Å². The Labute approximate surface area is 169 Å². The van der Waals surface area contributed by atoms with Crippen LogP contribution in [0.25, 0.3) is 17.3 Å². The van der Waals surface area contributed by atoms with Crippen molar-refractivity contribution in [2.24, 2.45) is 7.05 Å². The summed E-state index contributed by atoms with van der Waals surface area (Å²) >= 11 is 0. The van der Waals surface area contributed by atoms with Crippen molar-refractivity contribution in [1.82, 2.24) is 14.8 Å². The maximum atomic E-state index is 12.3. The molecule has 7 heteroatoms. The number of aryl methyl sites for hydroxylation is 1. The molecule has 2 heterocycles. The molecule has 1 amide bonds. The molecule has 0 fully saturated rings. The number of hydrogen-bond acceptors (Lipinski definition) is 5. The molecule has 7 nitrogen and oxygen atoms in total. The number of ether oxygens (including phenoxy) is 2. The van der Waals surface area contributed by atoms with Gasteiger partial charge in [0.1, 0.15) is 12.4 Å². The van der Waals surface area contributed by atoms with Gasteiger partial charge in [0, 0.05) is 24.9 Å². The SMILES string of the molecule is C=CCOc1ccc(/C=C/C(=O)Nc2cccc(-c3cnn(C)c3)n2)cc1OC. The van der Waals surface area contributed by atoms with Gasteiger partial charge in [0.2, 0.25) is 5.91 Å². The molecule has 0 radical (unpaired) electrons. The minimum atomic E-state index is -0.285. The third kappa shape index (κ3) is 5.32. The Morgan fingerprint density at radius 2 is 2.14 bits per heavy atom. The van der Waals surface area contributed by atoms with Crippen LogP contribution in [-0.2, 0) is 11.8 Å². The molecule has 0 aliphatic rings. The van der Waals surface area contributed by atoms with Gasteiger partial charge in [0.25, 0.3) is 0 Å². The summed E-state index contributed by atoms with van der Waals surface area (Å²) in [6, 6.07) is 10.9. The lowest BCUT2D eigenvalue weighted by Gasteiger charge is -2.09. The van der Waals surface area contributed by atoms with E-state index < -0.39 is 0 Å². The summed E-state index contributed by atoms with van der Waals surface area (Å²) in [7, 11) is 3.41. The molecule has 0 bridgehead atoms. The van der Waals surface area contributed by atoms with Crippen LogP contribution in [-0.4, -0.2) is 34.4 Å². The number of carbonyl (C=O) groups excluding carboxylic acids is 1. The number of hydrogen-bond donors (Lipinski definition) is 1. The van der Waals surface area contributed by atoms with E-state index in [0.717, 1.165) is 16.8 Å². The van der Waals surface area contributed by atoms with Gasteiger partial charge in [-0.3, -0.25) is 9.48 Å². The summed E-state index contributed by atoms with van der Waals surface area (Å²) in [6.45, 7) is 4.01. The Bertz CT molecular complexity index is 1040. The summed E-state index contributed by atoms with van der Waals surface area (Å²) in [5, 5.41) is 6.90. The number of carbonyl (C=O) groups is 1. The van der Waals surface area contributed by atoms with Crippen LogP contribution in [0.2, 0.25) is 0 Å². The Kier molecular flexibility index (Phi) is 6.42. The first-order chi connectivity index (χ1) is 14.1. The van der Waals surface area contributed by atoms with Crippen molar-refractivity contribution in [1.29, 1.82) is 0 Å². The third-order valence-electron chi connectivity index (χ3n) is 3.97. The number of amides is 1. The molecular formula is C22H22N4O3. The smallest absolute Gasteiger partial charge is 0.249 e. The first-order valence-electron chi connectivity index (χ1n) is 8.96. The van der Waals surface area contributed by atoms with E-state index in [4.69, 9.17) is 9.47 Å². The van der Waals surface area contributed by atoms with Gasteiger partial charge < -0.3 is 14.8 Å². The number of nitrogens with zero attached hydrogens (tertiary/aromatic N) is 3. The van der Waals surface area contributed by atoms with Crippen molar-refractivity contribution in [3.8, 4) is 22.8 Å². The largest absolute Gasteiger partial charge is 0.493 e. The van der Waals surface area contributed by atoms with Gasteiger partial charge in [-0.1, -0.05) is 24.8 Å². The van der Waals surface area contributed by atoms with Gasteiger partial charge in [-0.15, -0.1) is 0 Å². The lowest BCUT2D eigenvalue weighted by Crippen LogP contribution is -2.09. The summed E-state index contributed by atoms with van der Waals surface area (Å²) in [5.41, 5.74) is 2.42. The molecule has 148 valence electrons. The predicted octanol–water partition coefficient (Wildman–Crippen LogP) is 3.71. The molecule has 1 N–H and O–H groups in total. The van der Waals surface area contributed by atoms with E-state index in [0.29, 0.717) is 23.9 Å². The van der Waals surface area contributed by atoms with Crippen LogP contribution >= 0.6 is 0 Å². The standard InChI is InChI=1S/C22H22N4O3/c1-4-12-29-19-10-8-16(13-20(19)28-3)9-11-22(27)25-21-7-5-6-18(24-21)17-14-23-26(2)15-17/h4-11,13-15H,1,12H2,2-3H3,(H,24,25,27)/b11-9+. The molecule has 3 aromatic rings. The molecular weight excluding hydrogens is 368 g/mol. The number of rotatable bonds is 8. The Morgan fingerprint density at radius 3 is 2.86 bits per heavy atom. The van der Waals surface area contributed by atoms with E-state index in [1.807, 2.05) is 31.4 Å². The van der Waals surface area contributed by atoms with Gasteiger partial charge in [0.05, 0.1) is 19.0 Å².